The van der Waals surface area contributed by atoms with Crippen LogP contribution in [0.2, 0.25) is 5.02 Å². The van der Waals surface area contributed by atoms with Gasteiger partial charge in [-0.15, -0.1) is 0 Å². The third-order valence-electron chi connectivity index (χ3n) is 2.47. The zero-order valence-corrected chi connectivity index (χ0v) is 10.9. The van der Waals surface area contributed by atoms with E-state index >= 15 is 0 Å². The molecule has 0 radical (unpaired) electrons. The Morgan fingerprint density at radius 3 is 2.81 bits per heavy atom. The molecule has 0 aromatic carbocycles. The SMILES string of the molecule is CCCC(O)c1c(Cl)cnn1CCN(C)C. The van der Waals surface area contributed by atoms with E-state index < -0.39 is 6.10 Å². The Bertz CT molecular complexity index is 325. The third-order valence-corrected chi connectivity index (χ3v) is 2.76. The van der Waals surface area contributed by atoms with Gasteiger partial charge in [0.25, 0.3) is 0 Å². The number of aliphatic hydroxyl groups is 1. The van der Waals surface area contributed by atoms with Crippen molar-refractivity contribution in [3.05, 3.63) is 16.9 Å². The van der Waals surface area contributed by atoms with E-state index in [1.165, 1.54) is 0 Å². The molecule has 0 fully saturated rings. The van der Waals surface area contributed by atoms with Gasteiger partial charge in [-0.3, -0.25) is 4.68 Å². The average molecular weight is 246 g/mol. The molecule has 1 unspecified atom stereocenters. The number of aliphatic hydroxyl groups excluding tert-OH is 1. The lowest BCUT2D eigenvalue weighted by molar-refractivity contribution is 0.154. The molecule has 1 aromatic heterocycles. The maximum atomic E-state index is 9.98. The molecule has 4 nitrogen and oxygen atoms in total. The predicted molar refractivity (Wildman–Crippen MR) is 65.7 cm³/mol. The van der Waals surface area contributed by atoms with E-state index in [0.29, 0.717) is 11.4 Å². The molecular formula is C11H20ClN3O. The molecule has 0 amide bonds. The number of hydrogen-bond acceptors (Lipinski definition) is 3. The predicted octanol–water partition coefficient (Wildman–Crippen LogP) is 1.93. The fourth-order valence-electron chi connectivity index (χ4n) is 1.59. The molecular weight excluding hydrogens is 226 g/mol. The Balaban J connectivity index is 2.76. The maximum Gasteiger partial charge on any atom is 0.0971 e. The Hall–Kier alpha value is -0.580. The van der Waals surface area contributed by atoms with Crippen molar-refractivity contribution in [2.45, 2.75) is 32.4 Å². The normalized spacial score (nSPS) is 13.4. The third kappa shape index (κ3) is 3.47. The summed E-state index contributed by atoms with van der Waals surface area (Å²) in [6.07, 6.45) is 2.73. The zero-order valence-electron chi connectivity index (χ0n) is 10.1. The monoisotopic (exact) mass is 245 g/mol. The van der Waals surface area contributed by atoms with Gasteiger partial charge in [-0.05, 0) is 20.5 Å². The Labute approximate surface area is 102 Å². The van der Waals surface area contributed by atoms with Gasteiger partial charge >= 0.3 is 0 Å². The van der Waals surface area contributed by atoms with E-state index in [9.17, 15) is 5.11 Å². The van der Waals surface area contributed by atoms with Gasteiger partial charge in [0.2, 0.25) is 0 Å². The molecule has 0 bridgehead atoms. The molecule has 0 aliphatic carbocycles. The standard InChI is InChI=1S/C11H20ClN3O/c1-4-5-10(16)11-9(12)8-13-15(11)7-6-14(2)3/h8,10,16H,4-7H2,1-3H3. The molecule has 0 aliphatic rings. The van der Waals surface area contributed by atoms with Crippen LogP contribution in [-0.2, 0) is 6.54 Å². The molecule has 0 saturated heterocycles. The van der Waals surface area contributed by atoms with E-state index in [1.54, 1.807) is 10.9 Å². The van der Waals surface area contributed by atoms with Crippen molar-refractivity contribution in [3.8, 4) is 0 Å². The average Bonchev–Trinajstić information content (AvgIpc) is 2.57. The number of nitrogens with zero attached hydrogens (tertiary/aromatic N) is 3. The van der Waals surface area contributed by atoms with Gasteiger partial charge in [0.1, 0.15) is 0 Å². The summed E-state index contributed by atoms with van der Waals surface area (Å²) < 4.78 is 1.79. The molecule has 1 heterocycles. The van der Waals surface area contributed by atoms with Crippen molar-refractivity contribution in [3.63, 3.8) is 0 Å². The molecule has 0 saturated carbocycles. The lowest BCUT2D eigenvalue weighted by atomic mass is 10.1. The van der Waals surface area contributed by atoms with Gasteiger partial charge in [-0.2, -0.15) is 5.10 Å². The lowest BCUT2D eigenvalue weighted by Crippen LogP contribution is -2.21. The number of rotatable bonds is 6. The number of hydrogen-bond donors (Lipinski definition) is 1. The maximum absolute atomic E-state index is 9.98. The second kappa shape index (κ2) is 6.23. The van der Waals surface area contributed by atoms with Crippen molar-refractivity contribution in [2.24, 2.45) is 0 Å². The molecule has 1 N–H and O–H groups in total. The quantitative estimate of drug-likeness (QED) is 0.833. The number of likely N-dealkylation sites (N-methyl/N-ethyl adjacent to an activating group) is 1. The van der Waals surface area contributed by atoms with Gasteiger partial charge in [0.05, 0.1) is 29.6 Å². The van der Waals surface area contributed by atoms with Crippen LogP contribution >= 0.6 is 11.6 Å². The summed E-state index contributed by atoms with van der Waals surface area (Å²) in [5.41, 5.74) is 0.741. The number of halogens is 1. The molecule has 92 valence electrons. The van der Waals surface area contributed by atoms with Crippen LogP contribution in [0.4, 0.5) is 0 Å². The number of aromatic nitrogens is 2. The van der Waals surface area contributed by atoms with E-state index in [1.807, 2.05) is 21.0 Å². The van der Waals surface area contributed by atoms with E-state index in [-0.39, 0.29) is 0 Å². The minimum absolute atomic E-state index is 0.512. The van der Waals surface area contributed by atoms with Gasteiger partial charge in [-0.25, -0.2) is 0 Å². The summed E-state index contributed by atoms with van der Waals surface area (Å²) in [5, 5.41) is 14.7. The van der Waals surface area contributed by atoms with Crippen LogP contribution in [-0.4, -0.2) is 40.4 Å². The van der Waals surface area contributed by atoms with Crippen molar-refractivity contribution in [2.75, 3.05) is 20.6 Å². The van der Waals surface area contributed by atoms with Gasteiger partial charge in [0, 0.05) is 6.54 Å². The van der Waals surface area contributed by atoms with Crippen molar-refractivity contribution < 1.29 is 5.11 Å². The zero-order chi connectivity index (χ0) is 12.1. The molecule has 1 rings (SSSR count). The van der Waals surface area contributed by atoms with Crippen LogP contribution in [0.25, 0.3) is 0 Å². The molecule has 1 atom stereocenters. The fourth-order valence-corrected chi connectivity index (χ4v) is 1.85. The lowest BCUT2D eigenvalue weighted by Gasteiger charge is -2.15. The van der Waals surface area contributed by atoms with Crippen LogP contribution in [0.1, 0.15) is 31.6 Å². The highest BCUT2D eigenvalue weighted by Gasteiger charge is 2.17. The minimum Gasteiger partial charge on any atom is -0.387 e. The second-order valence-corrected chi connectivity index (χ2v) is 4.62. The van der Waals surface area contributed by atoms with Crippen LogP contribution in [0, 0.1) is 0 Å². The molecule has 0 spiro atoms. The molecule has 1 aromatic rings. The Morgan fingerprint density at radius 2 is 2.25 bits per heavy atom. The van der Waals surface area contributed by atoms with Crippen LogP contribution in [0.3, 0.4) is 0 Å². The highest BCUT2D eigenvalue weighted by molar-refractivity contribution is 6.31. The summed E-state index contributed by atoms with van der Waals surface area (Å²) in [5.74, 6) is 0. The van der Waals surface area contributed by atoms with Crippen LogP contribution in [0.5, 0.6) is 0 Å². The fraction of sp³-hybridized carbons (Fsp3) is 0.727. The first-order chi connectivity index (χ1) is 7.56. The Kier molecular flexibility index (Phi) is 5.25. The largest absolute Gasteiger partial charge is 0.387 e. The topological polar surface area (TPSA) is 41.3 Å². The first-order valence-corrected chi connectivity index (χ1v) is 5.98. The van der Waals surface area contributed by atoms with Crippen LogP contribution in [0.15, 0.2) is 6.20 Å². The molecule has 0 aliphatic heterocycles. The summed E-state index contributed by atoms with van der Waals surface area (Å²) >= 11 is 6.03. The summed E-state index contributed by atoms with van der Waals surface area (Å²) in [4.78, 5) is 2.07. The van der Waals surface area contributed by atoms with Gasteiger partial charge in [0.15, 0.2) is 0 Å². The molecule has 16 heavy (non-hydrogen) atoms. The van der Waals surface area contributed by atoms with Gasteiger partial charge in [-0.1, -0.05) is 24.9 Å². The first kappa shape index (κ1) is 13.5. The first-order valence-electron chi connectivity index (χ1n) is 5.60. The summed E-state index contributed by atoms with van der Waals surface area (Å²) in [7, 11) is 4.01. The second-order valence-electron chi connectivity index (χ2n) is 4.21. The van der Waals surface area contributed by atoms with Crippen molar-refractivity contribution in [1.82, 2.24) is 14.7 Å². The Morgan fingerprint density at radius 1 is 1.56 bits per heavy atom. The summed E-state index contributed by atoms with van der Waals surface area (Å²) in [6, 6.07) is 0. The van der Waals surface area contributed by atoms with Crippen molar-refractivity contribution >= 4 is 11.6 Å². The van der Waals surface area contributed by atoms with Gasteiger partial charge < -0.3 is 10.0 Å². The smallest absolute Gasteiger partial charge is 0.0971 e. The highest BCUT2D eigenvalue weighted by atomic mass is 35.5. The van der Waals surface area contributed by atoms with E-state index in [2.05, 4.69) is 10.00 Å². The minimum atomic E-state index is -0.512. The molecule has 5 heteroatoms. The van der Waals surface area contributed by atoms with Crippen LogP contribution < -0.4 is 0 Å². The van der Waals surface area contributed by atoms with E-state index in [4.69, 9.17) is 11.6 Å². The summed E-state index contributed by atoms with van der Waals surface area (Å²) in [6.45, 7) is 3.66. The van der Waals surface area contributed by atoms with E-state index in [0.717, 1.165) is 25.2 Å². The highest BCUT2D eigenvalue weighted by Crippen LogP contribution is 2.25. The van der Waals surface area contributed by atoms with Crippen molar-refractivity contribution in [1.29, 1.82) is 0 Å².